The zero-order valence-electron chi connectivity index (χ0n) is 16.7. The molecule has 0 spiro atoms. The van der Waals surface area contributed by atoms with Gasteiger partial charge in [-0.2, -0.15) is 4.99 Å². The highest BCUT2D eigenvalue weighted by Gasteiger charge is 2.15. The molecule has 0 saturated heterocycles. The normalized spacial score (nSPS) is 11.6. The lowest BCUT2D eigenvalue weighted by molar-refractivity contribution is -0.141. The monoisotopic (exact) mass is 434 g/mol. The van der Waals surface area contributed by atoms with Gasteiger partial charge in [0, 0.05) is 5.56 Å². The Labute approximate surface area is 182 Å². The van der Waals surface area contributed by atoms with Crippen LogP contribution in [0.5, 0.6) is 0 Å². The number of fused-ring (bicyclic) bond motifs is 1. The van der Waals surface area contributed by atoms with Crippen LogP contribution in [0.3, 0.4) is 0 Å². The molecule has 4 aromatic rings. The minimum absolute atomic E-state index is 0.225. The van der Waals surface area contributed by atoms with Crippen LogP contribution in [0.2, 0.25) is 0 Å². The summed E-state index contributed by atoms with van der Waals surface area (Å²) in [5, 5.41) is 0. The maximum Gasteiger partial charge on any atom is 0.325 e. The fourth-order valence-electron chi connectivity index (χ4n) is 3.26. The first-order valence-corrected chi connectivity index (χ1v) is 10.4. The van der Waals surface area contributed by atoms with E-state index in [1.165, 1.54) is 23.3 Å². The first-order valence-electron chi connectivity index (χ1n) is 9.62. The summed E-state index contributed by atoms with van der Waals surface area (Å²) >= 11 is 1.15. The van der Waals surface area contributed by atoms with Gasteiger partial charge in [-0.3, -0.25) is 9.59 Å². The summed E-state index contributed by atoms with van der Waals surface area (Å²) in [6, 6.07) is 21.9. The van der Waals surface area contributed by atoms with E-state index in [9.17, 15) is 14.0 Å². The number of carbonyl (C=O) groups is 2. The summed E-state index contributed by atoms with van der Waals surface area (Å²) in [6.07, 6.45) is 0.765. The highest BCUT2D eigenvalue weighted by Crippen LogP contribution is 2.20. The van der Waals surface area contributed by atoms with Crippen LogP contribution in [0.25, 0.3) is 10.2 Å². The number of halogens is 1. The number of hydrogen-bond acceptors (Lipinski definition) is 4. The summed E-state index contributed by atoms with van der Waals surface area (Å²) in [4.78, 5) is 29.0. The van der Waals surface area contributed by atoms with Gasteiger partial charge in [0.1, 0.15) is 12.4 Å². The van der Waals surface area contributed by atoms with Crippen molar-refractivity contribution in [1.29, 1.82) is 0 Å². The van der Waals surface area contributed by atoms with E-state index in [0.717, 1.165) is 23.3 Å². The molecular weight excluding hydrogens is 415 g/mol. The Morgan fingerprint density at radius 2 is 1.68 bits per heavy atom. The number of methoxy groups -OCH3 is 1. The molecular formula is C24H19FN2O3S. The number of ether oxygens (including phenoxy) is 1. The molecule has 4 rings (SSSR count). The molecule has 0 saturated carbocycles. The molecule has 1 heterocycles. The molecule has 0 bridgehead atoms. The smallest absolute Gasteiger partial charge is 0.325 e. The SMILES string of the molecule is COC(=O)Cn1c(=NC(=O)c2ccc(Cc3ccccc3)cc2)sc2cccc(F)c21. The van der Waals surface area contributed by atoms with Gasteiger partial charge in [-0.1, -0.05) is 59.9 Å². The minimum atomic E-state index is -0.554. The third-order valence-electron chi connectivity index (χ3n) is 4.82. The molecule has 0 atom stereocenters. The maximum absolute atomic E-state index is 14.4. The lowest BCUT2D eigenvalue weighted by atomic mass is 10.0. The van der Waals surface area contributed by atoms with Crippen molar-refractivity contribution in [2.75, 3.05) is 7.11 Å². The van der Waals surface area contributed by atoms with Gasteiger partial charge in [-0.25, -0.2) is 4.39 Å². The van der Waals surface area contributed by atoms with Gasteiger partial charge in [0.2, 0.25) is 0 Å². The molecule has 3 aromatic carbocycles. The number of esters is 1. The van der Waals surface area contributed by atoms with Crippen LogP contribution in [0, 0.1) is 5.82 Å². The molecule has 1 aromatic heterocycles. The third-order valence-corrected chi connectivity index (χ3v) is 5.86. The van der Waals surface area contributed by atoms with Crippen LogP contribution >= 0.6 is 11.3 Å². The fourth-order valence-corrected chi connectivity index (χ4v) is 4.30. The van der Waals surface area contributed by atoms with Crippen LogP contribution in [-0.4, -0.2) is 23.6 Å². The van der Waals surface area contributed by atoms with Crippen molar-refractivity contribution in [3.05, 3.63) is 100 Å². The maximum atomic E-state index is 14.4. The number of benzene rings is 3. The molecule has 0 unspecified atom stereocenters. The number of para-hydroxylation sites is 1. The predicted molar refractivity (Wildman–Crippen MR) is 117 cm³/mol. The molecule has 7 heteroatoms. The standard InChI is InChI=1S/C24H19FN2O3S/c1-30-21(28)15-27-22-19(25)8-5-9-20(22)31-24(27)26-23(29)18-12-10-17(11-13-18)14-16-6-3-2-4-7-16/h2-13H,14-15H2,1H3. The van der Waals surface area contributed by atoms with E-state index < -0.39 is 17.7 Å². The van der Waals surface area contributed by atoms with E-state index in [4.69, 9.17) is 4.74 Å². The number of hydrogen-bond donors (Lipinski definition) is 0. The van der Waals surface area contributed by atoms with Crippen LogP contribution in [0.4, 0.5) is 4.39 Å². The van der Waals surface area contributed by atoms with E-state index in [-0.39, 0.29) is 16.9 Å². The van der Waals surface area contributed by atoms with Gasteiger partial charge in [-0.05, 0) is 41.8 Å². The molecule has 0 aliphatic rings. The topological polar surface area (TPSA) is 60.7 Å². The Kier molecular flexibility index (Phi) is 6.04. The van der Waals surface area contributed by atoms with E-state index in [1.54, 1.807) is 24.3 Å². The molecule has 1 amide bonds. The number of nitrogens with zero attached hydrogens (tertiary/aromatic N) is 2. The summed E-state index contributed by atoms with van der Waals surface area (Å²) in [7, 11) is 1.26. The zero-order valence-corrected chi connectivity index (χ0v) is 17.6. The van der Waals surface area contributed by atoms with Crippen LogP contribution in [0.15, 0.2) is 77.8 Å². The largest absolute Gasteiger partial charge is 0.468 e. The molecule has 0 fully saturated rings. The van der Waals surface area contributed by atoms with Crippen LogP contribution < -0.4 is 4.80 Å². The number of carbonyl (C=O) groups excluding carboxylic acids is 2. The van der Waals surface area contributed by atoms with Crippen molar-refractivity contribution in [3.8, 4) is 0 Å². The minimum Gasteiger partial charge on any atom is -0.468 e. The quantitative estimate of drug-likeness (QED) is 0.439. The van der Waals surface area contributed by atoms with Crippen molar-refractivity contribution in [2.24, 2.45) is 4.99 Å². The molecule has 156 valence electrons. The highest BCUT2D eigenvalue weighted by atomic mass is 32.1. The zero-order chi connectivity index (χ0) is 21.8. The molecule has 0 aliphatic heterocycles. The van der Waals surface area contributed by atoms with E-state index in [0.29, 0.717) is 10.3 Å². The lowest BCUT2D eigenvalue weighted by Crippen LogP contribution is -2.22. The highest BCUT2D eigenvalue weighted by molar-refractivity contribution is 7.16. The van der Waals surface area contributed by atoms with Crippen molar-refractivity contribution in [3.63, 3.8) is 0 Å². The third kappa shape index (κ3) is 4.62. The van der Waals surface area contributed by atoms with Crippen molar-refractivity contribution in [2.45, 2.75) is 13.0 Å². The fraction of sp³-hybridized carbons (Fsp3) is 0.125. The Morgan fingerprint density at radius 3 is 2.39 bits per heavy atom. The second-order valence-electron chi connectivity index (χ2n) is 6.91. The summed E-state index contributed by atoms with van der Waals surface area (Å²) in [5.41, 5.74) is 2.90. The molecule has 0 aliphatic carbocycles. The average molecular weight is 434 g/mol. The van der Waals surface area contributed by atoms with E-state index in [1.807, 2.05) is 30.3 Å². The summed E-state index contributed by atoms with van der Waals surface area (Å²) < 4.78 is 21.1. The van der Waals surface area contributed by atoms with Crippen LogP contribution in [-0.2, 0) is 22.5 Å². The van der Waals surface area contributed by atoms with Gasteiger partial charge in [-0.15, -0.1) is 0 Å². The Morgan fingerprint density at radius 1 is 0.968 bits per heavy atom. The average Bonchev–Trinajstić information content (AvgIpc) is 3.12. The Balaban J connectivity index is 1.66. The second kappa shape index (κ2) is 9.06. The molecule has 0 N–H and O–H groups in total. The number of thiazole rings is 1. The summed E-state index contributed by atoms with van der Waals surface area (Å²) in [6.45, 7) is -0.237. The van der Waals surface area contributed by atoms with Gasteiger partial charge < -0.3 is 9.30 Å². The van der Waals surface area contributed by atoms with E-state index >= 15 is 0 Å². The Hall–Kier alpha value is -3.58. The Bertz CT molecular complexity index is 1310. The number of aromatic nitrogens is 1. The number of amides is 1. The van der Waals surface area contributed by atoms with Crippen molar-refractivity contribution < 1.29 is 18.7 Å². The van der Waals surface area contributed by atoms with Gasteiger partial charge in [0.15, 0.2) is 4.80 Å². The van der Waals surface area contributed by atoms with E-state index in [2.05, 4.69) is 17.1 Å². The molecule has 0 radical (unpaired) electrons. The molecule has 5 nitrogen and oxygen atoms in total. The predicted octanol–water partition coefficient (Wildman–Crippen LogP) is 4.35. The van der Waals surface area contributed by atoms with Gasteiger partial charge in [0.25, 0.3) is 5.91 Å². The lowest BCUT2D eigenvalue weighted by Gasteiger charge is -2.05. The van der Waals surface area contributed by atoms with Crippen LogP contribution in [0.1, 0.15) is 21.5 Å². The van der Waals surface area contributed by atoms with Crippen molar-refractivity contribution >= 4 is 33.4 Å². The van der Waals surface area contributed by atoms with Gasteiger partial charge in [0.05, 0.1) is 17.3 Å². The second-order valence-corrected chi connectivity index (χ2v) is 7.92. The van der Waals surface area contributed by atoms with Crippen molar-refractivity contribution in [1.82, 2.24) is 4.57 Å². The van der Waals surface area contributed by atoms with Gasteiger partial charge >= 0.3 is 5.97 Å². The number of rotatable bonds is 5. The molecule has 31 heavy (non-hydrogen) atoms. The first kappa shape index (κ1) is 20.7. The first-order chi connectivity index (χ1) is 15.0. The summed E-state index contributed by atoms with van der Waals surface area (Å²) in [5.74, 6) is -1.50.